The largest absolute Gasteiger partial charge is 0.484 e. The lowest BCUT2D eigenvalue weighted by atomic mass is 10.1. The zero-order valence-corrected chi connectivity index (χ0v) is 20.2. The Labute approximate surface area is 212 Å². The van der Waals surface area contributed by atoms with Crippen LogP contribution in [0.2, 0.25) is 5.02 Å². The lowest BCUT2D eigenvalue weighted by Gasteiger charge is -2.28. The SMILES string of the molecule is Cc1ccc(NC(=O)COc2ccc(/C=C3/C(=O)NC(=S)N(c4ccccc4)C3=O)cc2)cc1Cl. The highest BCUT2D eigenvalue weighted by Gasteiger charge is 2.34. The van der Waals surface area contributed by atoms with Crippen LogP contribution >= 0.6 is 23.8 Å². The number of hydrogen-bond donors (Lipinski definition) is 2. The number of nitrogens with zero attached hydrogens (tertiary/aromatic N) is 1. The van der Waals surface area contributed by atoms with Gasteiger partial charge < -0.3 is 10.1 Å². The average molecular weight is 506 g/mol. The van der Waals surface area contributed by atoms with Crippen LogP contribution in [0.3, 0.4) is 0 Å². The molecule has 1 heterocycles. The quantitative estimate of drug-likeness (QED) is 0.292. The highest BCUT2D eigenvalue weighted by Crippen LogP contribution is 2.23. The molecular formula is C26H20ClN3O4S. The molecule has 7 nitrogen and oxygen atoms in total. The molecule has 2 N–H and O–H groups in total. The molecule has 1 aliphatic heterocycles. The van der Waals surface area contributed by atoms with Crippen molar-refractivity contribution in [3.05, 3.63) is 94.5 Å². The molecule has 0 bridgehead atoms. The van der Waals surface area contributed by atoms with Gasteiger partial charge in [0, 0.05) is 10.7 Å². The number of hydrogen-bond acceptors (Lipinski definition) is 5. The van der Waals surface area contributed by atoms with Crippen LogP contribution in [0.4, 0.5) is 11.4 Å². The summed E-state index contributed by atoms with van der Waals surface area (Å²) in [5.41, 5.74) is 2.61. The van der Waals surface area contributed by atoms with Crippen LogP contribution in [0.15, 0.2) is 78.4 Å². The van der Waals surface area contributed by atoms with Crippen molar-refractivity contribution in [2.45, 2.75) is 6.92 Å². The molecule has 4 rings (SSSR count). The number of amides is 3. The van der Waals surface area contributed by atoms with Crippen molar-refractivity contribution in [2.75, 3.05) is 16.8 Å². The third-order valence-corrected chi connectivity index (χ3v) is 5.82. The Bertz CT molecular complexity index is 1340. The number of aryl methyl sites for hydroxylation is 1. The second kappa shape index (κ2) is 10.5. The fourth-order valence-electron chi connectivity index (χ4n) is 3.31. The van der Waals surface area contributed by atoms with Gasteiger partial charge in [0.1, 0.15) is 11.3 Å². The number of carbonyl (C=O) groups is 3. The van der Waals surface area contributed by atoms with E-state index in [1.54, 1.807) is 60.7 Å². The Morgan fingerprint density at radius 3 is 2.49 bits per heavy atom. The third-order valence-electron chi connectivity index (χ3n) is 5.13. The molecule has 1 saturated heterocycles. The molecule has 0 aliphatic carbocycles. The van der Waals surface area contributed by atoms with Gasteiger partial charge in [0.05, 0.1) is 5.69 Å². The lowest BCUT2D eigenvalue weighted by Crippen LogP contribution is -2.54. The van der Waals surface area contributed by atoms with Gasteiger partial charge in [-0.3, -0.25) is 24.6 Å². The van der Waals surface area contributed by atoms with Gasteiger partial charge in [-0.15, -0.1) is 0 Å². The number of benzene rings is 3. The zero-order chi connectivity index (χ0) is 24.9. The third kappa shape index (κ3) is 5.74. The minimum atomic E-state index is -0.569. The Hall–Kier alpha value is -4.01. The molecule has 9 heteroatoms. The lowest BCUT2D eigenvalue weighted by molar-refractivity contribution is -0.122. The monoisotopic (exact) mass is 505 g/mol. The van der Waals surface area contributed by atoms with Crippen LogP contribution in [-0.4, -0.2) is 29.4 Å². The van der Waals surface area contributed by atoms with Crippen LogP contribution in [0.25, 0.3) is 6.08 Å². The Morgan fingerprint density at radius 2 is 1.80 bits per heavy atom. The number of para-hydroxylation sites is 1. The van der Waals surface area contributed by atoms with E-state index >= 15 is 0 Å². The first-order chi connectivity index (χ1) is 16.8. The van der Waals surface area contributed by atoms with Crippen LogP contribution < -0.4 is 20.3 Å². The summed E-state index contributed by atoms with van der Waals surface area (Å²) in [6, 6.07) is 20.7. The smallest absolute Gasteiger partial charge is 0.270 e. The summed E-state index contributed by atoms with van der Waals surface area (Å²) in [4.78, 5) is 38.9. The van der Waals surface area contributed by atoms with Crippen LogP contribution in [-0.2, 0) is 14.4 Å². The molecule has 0 atom stereocenters. The average Bonchev–Trinajstić information content (AvgIpc) is 2.84. The minimum absolute atomic E-state index is 0.0262. The van der Waals surface area contributed by atoms with Gasteiger partial charge in [0.25, 0.3) is 17.7 Å². The van der Waals surface area contributed by atoms with E-state index in [9.17, 15) is 14.4 Å². The van der Waals surface area contributed by atoms with Crippen molar-refractivity contribution in [3.63, 3.8) is 0 Å². The second-order valence-corrected chi connectivity index (χ2v) is 8.46. The van der Waals surface area contributed by atoms with Crippen molar-refractivity contribution < 1.29 is 19.1 Å². The van der Waals surface area contributed by atoms with E-state index in [2.05, 4.69) is 10.6 Å². The van der Waals surface area contributed by atoms with Crippen molar-refractivity contribution in [1.82, 2.24) is 5.32 Å². The van der Waals surface area contributed by atoms with Crippen molar-refractivity contribution in [1.29, 1.82) is 0 Å². The summed E-state index contributed by atoms with van der Waals surface area (Å²) in [7, 11) is 0. The topological polar surface area (TPSA) is 87.7 Å². The van der Waals surface area contributed by atoms with E-state index in [1.807, 2.05) is 19.1 Å². The molecule has 0 radical (unpaired) electrons. The first kappa shape index (κ1) is 24.1. The van der Waals surface area contributed by atoms with E-state index in [4.69, 9.17) is 28.6 Å². The van der Waals surface area contributed by atoms with Gasteiger partial charge in [-0.05, 0) is 72.7 Å². The van der Waals surface area contributed by atoms with Gasteiger partial charge in [0.15, 0.2) is 11.7 Å². The summed E-state index contributed by atoms with van der Waals surface area (Å²) >= 11 is 11.3. The molecule has 1 fully saturated rings. The van der Waals surface area contributed by atoms with E-state index in [-0.39, 0.29) is 23.2 Å². The first-order valence-electron chi connectivity index (χ1n) is 10.6. The Balaban J connectivity index is 1.41. The first-order valence-corrected chi connectivity index (χ1v) is 11.4. The highest BCUT2D eigenvalue weighted by atomic mass is 35.5. The molecule has 35 heavy (non-hydrogen) atoms. The predicted molar refractivity (Wildman–Crippen MR) is 139 cm³/mol. The molecule has 0 saturated carbocycles. The predicted octanol–water partition coefficient (Wildman–Crippen LogP) is 4.50. The highest BCUT2D eigenvalue weighted by molar-refractivity contribution is 7.80. The van der Waals surface area contributed by atoms with E-state index in [1.165, 1.54) is 11.0 Å². The fraction of sp³-hybridized carbons (Fsp3) is 0.0769. The second-order valence-electron chi connectivity index (χ2n) is 7.66. The molecule has 176 valence electrons. The Morgan fingerprint density at radius 1 is 1.09 bits per heavy atom. The minimum Gasteiger partial charge on any atom is -0.484 e. The normalized spacial score (nSPS) is 14.6. The molecule has 0 unspecified atom stereocenters. The molecule has 0 spiro atoms. The number of ether oxygens (including phenoxy) is 1. The number of halogens is 1. The molecule has 0 aromatic heterocycles. The van der Waals surface area contributed by atoms with Gasteiger partial charge in [-0.1, -0.05) is 48.0 Å². The summed E-state index contributed by atoms with van der Waals surface area (Å²) in [5.74, 6) is -0.966. The fourth-order valence-corrected chi connectivity index (χ4v) is 3.77. The van der Waals surface area contributed by atoms with Gasteiger partial charge in [-0.25, -0.2) is 0 Å². The number of nitrogens with one attached hydrogen (secondary N) is 2. The van der Waals surface area contributed by atoms with Crippen LogP contribution in [0.1, 0.15) is 11.1 Å². The Kier molecular flexibility index (Phi) is 7.24. The standard InChI is InChI=1S/C26H20ClN3O4S/c1-16-7-10-18(14-22(16)27)28-23(31)15-34-20-11-8-17(9-12-20)13-21-24(32)29-26(35)30(25(21)33)19-5-3-2-4-6-19/h2-14H,15H2,1H3,(H,28,31)(H,29,32,35)/b21-13-. The van der Waals surface area contributed by atoms with E-state index in [0.29, 0.717) is 27.7 Å². The number of thiocarbonyl (C=S) groups is 1. The van der Waals surface area contributed by atoms with Gasteiger partial charge in [-0.2, -0.15) is 0 Å². The molecule has 3 aromatic carbocycles. The summed E-state index contributed by atoms with van der Waals surface area (Å²) in [6.07, 6.45) is 1.48. The zero-order valence-electron chi connectivity index (χ0n) is 18.6. The molecule has 3 aromatic rings. The summed E-state index contributed by atoms with van der Waals surface area (Å²) in [6.45, 7) is 1.68. The summed E-state index contributed by atoms with van der Waals surface area (Å²) in [5, 5.41) is 5.86. The number of rotatable bonds is 6. The maximum atomic E-state index is 13.0. The van der Waals surface area contributed by atoms with Crippen molar-refractivity contribution in [3.8, 4) is 5.75 Å². The number of carbonyl (C=O) groups excluding carboxylic acids is 3. The maximum Gasteiger partial charge on any atom is 0.270 e. The van der Waals surface area contributed by atoms with Crippen LogP contribution in [0, 0.1) is 6.92 Å². The van der Waals surface area contributed by atoms with Gasteiger partial charge >= 0.3 is 0 Å². The van der Waals surface area contributed by atoms with Crippen molar-refractivity contribution >= 4 is 64.1 Å². The molecule has 1 aliphatic rings. The number of anilines is 2. The molecule has 3 amide bonds. The maximum absolute atomic E-state index is 13.0. The van der Waals surface area contributed by atoms with Crippen molar-refractivity contribution in [2.24, 2.45) is 0 Å². The molecular weight excluding hydrogens is 486 g/mol. The van der Waals surface area contributed by atoms with E-state index in [0.717, 1.165) is 5.56 Å². The van der Waals surface area contributed by atoms with E-state index < -0.39 is 11.8 Å². The van der Waals surface area contributed by atoms with Crippen LogP contribution in [0.5, 0.6) is 5.75 Å². The van der Waals surface area contributed by atoms with Gasteiger partial charge in [0.2, 0.25) is 0 Å². The summed E-state index contributed by atoms with van der Waals surface area (Å²) < 4.78 is 5.53.